The standard InChI is InChI=1S/C11H21N3O2/c1-8(2)16-7-10(15)5-12-11-6-14(4)13-9(11)3/h6,8,10,12,15H,5,7H2,1-4H3. The Morgan fingerprint density at radius 1 is 1.56 bits per heavy atom. The number of aryl methyl sites for hydroxylation is 2. The molecule has 92 valence electrons. The summed E-state index contributed by atoms with van der Waals surface area (Å²) in [5, 5.41) is 17.0. The van der Waals surface area contributed by atoms with Crippen molar-refractivity contribution in [2.45, 2.75) is 33.0 Å². The molecule has 0 amide bonds. The molecule has 0 saturated heterocycles. The van der Waals surface area contributed by atoms with E-state index < -0.39 is 6.10 Å². The highest BCUT2D eigenvalue weighted by Gasteiger charge is 2.07. The molecular weight excluding hydrogens is 206 g/mol. The SMILES string of the molecule is Cc1nn(C)cc1NCC(O)COC(C)C. The number of ether oxygens (including phenoxy) is 1. The average molecular weight is 227 g/mol. The minimum atomic E-state index is -0.498. The van der Waals surface area contributed by atoms with Gasteiger partial charge in [0, 0.05) is 19.8 Å². The first kappa shape index (κ1) is 13.0. The van der Waals surface area contributed by atoms with Crippen LogP contribution < -0.4 is 5.32 Å². The molecule has 5 heteroatoms. The number of nitrogens with one attached hydrogen (secondary N) is 1. The number of rotatable bonds is 6. The second-order valence-electron chi connectivity index (χ2n) is 4.22. The Hall–Kier alpha value is -1.07. The van der Waals surface area contributed by atoms with E-state index in [1.165, 1.54) is 0 Å². The summed E-state index contributed by atoms with van der Waals surface area (Å²) in [5.74, 6) is 0. The van der Waals surface area contributed by atoms with Crippen LogP contribution in [0.3, 0.4) is 0 Å². The van der Waals surface area contributed by atoms with Crippen LogP contribution in [-0.4, -0.2) is 40.2 Å². The third kappa shape index (κ3) is 4.20. The van der Waals surface area contributed by atoms with Crippen LogP contribution in [-0.2, 0) is 11.8 Å². The summed E-state index contributed by atoms with van der Waals surface area (Å²) in [5.41, 5.74) is 1.88. The summed E-state index contributed by atoms with van der Waals surface area (Å²) in [6, 6.07) is 0. The molecule has 0 fully saturated rings. The minimum absolute atomic E-state index is 0.148. The summed E-state index contributed by atoms with van der Waals surface area (Å²) < 4.78 is 7.06. The highest BCUT2D eigenvalue weighted by atomic mass is 16.5. The number of aliphatic hydroxyl groups excluding tert-OH is 1. The summed E-state index contributed by atoms with van der Waals surface area (Å²) in [4.78, 5) is 0. The van der Waals surface area contributed by atoms with E-state index >= 15 is 0 Å². The van der Waals surface area contributed by atoms with E-state index in [-0.39, 0.29) is 6.10 Å². The molecule has 1 aromatic heterocycles. The van der Waals surface area contributed by atoms with Gasteiger partial charge in [-0.15, -0.1) is 0 Å². The molecule has 1 aromatic rings. The molecular formula is C11H21N3O2. The maximum Gasteiger partial charge on any atom is 0.0945 e. The van der Waals surface area contributed by atoms with E-state index in [2.05, 4.69) is 10.4 Å². The summed E-state index contributed by atoms with van der Waals surface area (Å²) >= 11 is 0. The van der Waals surface area contributed by atoms with Crippen LogP contribution >= 0.6 is 0 Å². The van der Waals surface area contributed by atoms with Crippen molar-refractivity contribution >= 4 is 5.69 Å². The van der Waals surface area contributed by atoms with E-state index in [9.17, 15) is 5.11 Å². The monoisotopic (exact) mass is 227 g/mol. The molecule has 0 radical (unpaired) electrons. The van der Waals surface area contributed by atoms with Gasteiger partial charge in [-0.05, 0) is 20.8 Å². The molecule has 0 spiro atoms. The summed E-state index contributed by atoms with van der Waals surface area (Å²) in [7, 11) is 1.87. The van der Waals surface area contributed by atoms with Crippen LogP contribution in [0.4, 0.5) is 5.69 Å². The fraction of sp³-hybridized carbons (Fsp3) is 0.727. The molecule has 5 nitrogen and oxygen atoms in total. The van der Waals surface area contributed by atoms with Gasteiger partial charge in [-0.25, -0.2) is 0 Å². The van der Waals surface area contributed by atoms with Crippen LogP contribution in [0.5, 0.6) is 0 Å². The van der Waals surface area contributed by atoms with Gasteiger partial charge in [0.2, 0.25) is 0 Å². The first-order valence-corrected chi connectivity index (χ1v) is 5.53. The Labute approximate surface area is 96.4 Å². The zero-order valence-corrected chi connectivity index (χ0v) is 10.4. The highest BCUT2D eigenvalue weighted by Crippen LogP contribution is 2.10. The van der Waals surface area contributed by atoms with E-state index in [0.717, 1.165) is 11.4 Å². The van der Waals surface area contributed by atoms with Crippen molar-refractivity contribution in [3.63, 3.8) is 0 Å². The fourth-order valence-electron chi connectivity index (χ4n) is 1.36. The van der Waals surface area contributed by atoms with Crippen molar-refractivity contribution in [1.82, 2.24) is 9.78 Å². The lowest BCUT2D eigenvalue weighted by molar-refractivity contribution is 0.0112. The first-order chi connectivity index (χ1) is 7.49. The molecule has 0 bridgehead atoms. The number of nitrogens with zero attached hydrogens (tertiary/aromatic N) is 2. The molecule has 0 aliphatic rings. The van der Waals surface area contributed by atoms with Crippen LogP contribution in [0.1, 0.15) is 19.5 Å². The van der Waals surface area contributed by atoms with Crippen molar-refractivity contribution in [3.8, 4) is 0 Å². The predicted molar refractivity (Wildman–Crippen MR) is 63.5 cm³/mol. The van der Waals surface area contributed by atoms with Crippen molar-refractivity contribution in [2.24, 2.45) is 7.05 Å². The van der Waals surface area contributed by atoms with Crippen LogP contribution in [0, 0.1) is 6.92 Å². The largest absolute Gasteiger partial charge is 0.389 e. The summed E-state index contributed by atoms with van der Waals surface area (Å²) in [6.45, 7) is 6.65. The van der Waals surface area contributed by atoms with Crippen molar-refractivity contribution in [2.75, 3.05) is 18.5 Å². The maximum atomic E-state index is 9.64. The van der Waals surface area contributed by atoms with Crippen molar-refractivity contribution in [1.29, 1.82) is 0 Å². The number of hydrogen-bond acceptors (Lipinski definition) is 4. The highest BCUT2D eigenvalue weighted by molar-refractivity contribution is 5.45. The van der Waals surface area contributed by atoms with Gasteiger partial charge in [-0.1, -0.05) is 0 Å². The van der Waals surface area contributed by atoms with Gasteiger partial charge >= 0.3 is 0 Å². The Bertz CT molecular complexity index is 323. The zero-order valence-electron chi connectivity index (χ0n) is 10.4. The van der Waals surface area contributed by atoms with Gasteiger partial charge in [-0.2, -0.15) is 5.10 Å². The molecule has 1 rings (SSSR count). The third-order valence-electron chi connectivity index (χ3n) is 2.16. The van der Waals surface area contributed by atoms with E-state index in [0.29, 0.717) is 13.2 Å². The smallest absolute Gasteiger partial charge is 0.0945 e. The molecule has 2 N–H and O–H groups in total. The van der Waals surface area contributed by atoms with Crippen molar-refractivity contribution in [3.05, 3.63) is 11.9 Å². The Morgan fingerprint density at radius 2 is 2.25 bits per heavy atom. The second-order valence-corrected chi connectivity index (χ2v) is 4.22. The Morgan fingerprint density at radius 3 is 2.75 bits per heavy atom. The minimum Gasteiger partial charge on any atom is -0.389 e. The molecule has 0 aromatic carbocycles. The van der Waals surface area contributed by atoms with E-state index in [4.69, 9.17) is 4.74 Å². The molecule has 16 heavy (non-hydrogen) atoms. The quantitative estimate of drug-likeness (QED) is 0.759. The number of aliphatic hydroxyl groups is 1. The van der Waals surface area contributed by atoms with E-state index in [1.54, 1.807) is 4.68 Å². The van der Waals surface area contributed by atoms with Gasteiger partial charge in [-0.3, -0.25) is 4.68 Å². The Kier molecular flexibility index (Phi) is 4.76. The second kappa shape index (κ2) is 5.86. The third-order valence-corrected chi connectivity index (χ3v) is 2.16. The zero-order chi connectivity index (χ0) is 12.1. The van der Waals surface area contributed by atoms with Crippen LogP contribution in [0.25, 0.3) is 0 Å². The van der Waals surface area contributed by atoms with Gasteiger partial charge in [0.1, 0.15) is 0 Å². The predicted octanol–water partition coefficient (Wildman–Crippen LogP) is 0.926. The maximum absolute atomic E-state index is 9.64. The Balaban J connectivity index is 2.31. The normalized spacial score (nSPS) is 13.1. The molecule has 1 atom stereocenters. The van der Waals surface area contributed by atoms with Gasteiger partial charge in [0.05, 0.1) is 30.2 Å². The van der Waals surface area contributed by atoms with Crippen LogP contribution in [0.2, 0.25) is 0 Å². The van der Waals surface area contributed by atoms with E-state index in [1.807, 2.05) is 34.0 Å². The lowest BCUT2D eigenvalue weighted by atomic mass is 10.3. The number of aromatic nitrogens is 2. The molecule has 0 saturated carbocycles. The average Bonchev–Trinajstić information content (AvgIpc) is 2.51. The molecule has 0 aliphatic carbocycles. The van der Waals surface area contributed by atoms with Crippen molar-refractivity contribution < 1.29 is 9.84 Å². The van der Waals surface area contributed by atoms with Gasteiger partial charge < -0.3 is 15.2 Å². The molecule has 1 heterocycles. The molecule has 1 unspecified atom stereocenters. The number of hydrogen-bond donors (Lipinski definition) is 2. The fourth-order valence-corrected chi connectivity index (χ4v) is 1.36. The molecule has 0 aliphatic heterocycles. The number of anilines is 1. The van der Waals surface area contributed by atoms with Gasteiger partial charge in [0.25, 0.3) is 0 Å². The van der Waals surface area contributed by atoms with Crippen LogP contribution in [0.15, 0.2) is 6.20 Å². The topological polar surface area (TPSA) is 59.3 Å². The first-order valence-electron chi connectivity index (χ1n) is 5.53. The summed E-state index contributed by atoms with van der Waals surface area (Å²) in [6.07, 6.45) is 1.54. The van der Waals surface area contributed by atoms with Gasteiger partial charge in [0.15, 0.2) is 0 Å². The lowest BCUT2D eigenvalue weighted by Crippen LogP contribution is -2.26. The lowest BCUT2D eigenvalue weighted by Gasteiger charge is -2.14.